The van der Waals surface area contributed by atoms with Gasteiger partial charge in [-0.3, -0.25) is 4.79 Å². The minimum Gasteiger partial charge on any atom is -0.481 e. The molecule has 1 fully saturated rings. The second-order valence-electron chi connectivity index (χ2n) is 4.39. The summed E-state index contributed by atoms with van der Waals surface area (Å²) in [6.07, 6.45) is 2.14. The Hall–Kier alpha value is -0.660. The fourth-order valence-electron chi connectivity index (χ4n) is 1.90. The van der Waals surface area contributed by atoms with Crippen LogP contribution in [0.15, 0.2) is 0 Å². The first-order valence-corrected chi connectivity index (χ1v) is 7.42. The third-order valence-electron chi connectivity index (χ3n) is 2.91. The van der Waals surface area contributed by atoms with E-state index in [1.165, 1.54) is 4.31 Å². The van der Waals surface area contributed by atoms with Crippen LogP contribution in [-0.4, -0.2) is 55.7 Å². The maximum atomic E-state index is 11.8. The third kappa shape index (κ3) is 5.01. The van der Waals surface area contributed by atoms with Crippen molar-refractivity contribution in [2.75, 3.05) is 25.9 Å². The van der Waals surface area contributed by atoms with Crippen LogP contribution in [-0.2, 0) is 14.8 Å². The van der Waals surface area contributed by atoms with E-state index < -0.39 is 16.0 Å². The average Bonchev–Trinajstić information content (AvgIpc) is 2.69. The van der Waals surface area contributed by atoms with Gasteiger partial charge in [0.2, 0.25) is 10.0 Å². The Bertz CT molecular complexity index is 349. The third-order valence-corrected chi connectivity index (χ3v) is 4.81. The van der Waals surface area contributed by atoms with Crippen molar-refractivity contribution in [3.05, 3.63) is 0 Å². The van der Waals surface area contributed by atoms with Crippen molar-refractivity contribution in [2.24, 2.45) is 0 Å². The SMILES string of the molecule is CN(CC1CCCN1)S(=O)(=O)CCCC(=O)O. The Morgan fingerprint density at radius 1 is 1.53 bits per heavy atom. The Morgan fingerprint density at radius 2 is 2.24 bits per heavy atom. The molecule has 100 valence electrons. The van der Waals surface area contributed by atoms with Gasteiger partial charge in [0.15, 0.2) is 0 Å². The molecule has 1 unspecified atom stereocenters. The maximum Gasteiger partial charge on any atom is 0.303 e. The zero-order chi connectivity index (χ0) is 12.9. The number of likely N-dealkylation sites (N-methyl/N-ethyl adjacent to an activating group) is 1. The van der Waals surface area contributed by atoms with Gasteiger partial charge in [-0.25, -0.2) is 12.7 Å². The molecule has 0 saturated carbocycles. The molecule has 6 nitrogen and oxygen atoms in total. The van der Waals surface area contributed by atoms with Crippen LogP contribution in [0.25, 0.3) is 0 Å². The highest BCUT2D eigenvalue weighted by Crippen LogP contribution is 2.09. The fraction of sp³-hybridized carbons (Fsp3) is 0.900. The minimum atomic E-state index is -3.31. The van der Waals surface area contributed by atoms with E-state index >= 15 is 0 Å². The molecule has 0 bridgehead atoms. The molecular formula is C10H20N2O4S. The van der Waals surface area contributed by atoms with Crippen molar-refractivity contribution in [3.63, 3.8) is 0 Å². The van der Waals surface area contributed by atoms with Crippen molar-refractivity contribution < 1.29 is 18.3 Å². The van der Waals surface area contributed by atoms with Gasteiger partial charge in [-0.15, -0.1) is 0 Å². The van der Waals surface area contributed by atoms with Crippen LogP contribution in [0, 0.1) is 0 Å². The molecule has 0 aliphatic carbocycles. The number of nitrogens with zero attached hydrogens (tertiary/aromatic N) is 1. The molecule has 0 aromatic carbocycles. The van der Waals surface area contributed by atoms with E-state index in [1.54, 1.807) is 7.05 Å². The normalized spacial score (nSPS) is 20.9. The van der Waals surface area contributed by atoms with Gasteiger partial charge in [-0.1, -0.05) is 0 Å². The molecule has 1 heterocycles. The second-order valence-corrected chi connectivity index (χ2v) is 6.58. The van der Waals surface area contributed by atoms with Crippen LogP contribution < -0.4 is 5.32 Å². The van der Waals surface area contributed by atoms with E-state index in [0.29, 0.717) is 6.54 Å². The van der Waals surface area contributed by atoms with Crippen molar-refractivity contribution in [2.45, 2.75) is 31.7 Å². The van der Waals surface area contributed by atoms with Crippen LogP contribution >= 0.6 is 0 Å². The van der Waals surface area contributed by atoms with Crippen LogP contribution in [0.3, 0.4) is 0 Å². The predicted octanol–water partition coefficient (Wildman–Crippen LogP) is -0.135. The molecule has 1 saturated heterocycles. The van der Waals surface area contributed by atoms with Crippen LogP contribution in [0.5, 0.6) is 0 Å². The second kappa shape index (κ2) is 6.32. The average molecular weight is 264 g/mol. The first-order chi connectivity index (χ1) is 7.92. The lowest BCUT2D eigenvalue weighted by atomic mass is 10.2. The Kier molecular flexibility index (Phi) is 5.35. The molecule has 1 aliphatic heterocycles. The number of hydrogen-bond acceptors (Lipinski definition) is 4. The largest absolute Gasteiger partial charge is 0.481 e. The standard InChI is InChI=1S/C10H20N2O4S/c1-12(8-9-4-2-6-11-9)17(15,16)7-3-5-10(13)14/h9,11H,2-8H2,1H3,(H,13,14). The lowest BCUT2D eigenvalue weighted by Gasteiger charge is -2.20. The van der Waals surface area contributed by atoms with Gasteiger partial charge in [0.1, 0.15) is 0 Å². The number of carbonyl (C=O) groups is 1. The van der Waals surface area contributed by atoms with E-state index in [2.05, 4.69) is 5.32 Å². The topological polar surface area (TPSA) is 86.7 Å². The summed E-state index contributed by atoms with van der Waals surface area (Å²) in [7, 11) is -1.76. The number of nitrogens with one attached hydrogen (secondary N) is 1. The molecule has 0 spiro atoms. The number of carboxylic acids is 1. The molecular weight excluding hydrogens is 244 g/mol. The minimum absolute atomic E-state index is 0.0947. The molecule has 0 aromatic rings. The first kappa shape index (κ1) is 14.4. The number of rotatable bonds is 7. The van der Waals surface area contributed by atoms with Gasteiger partial charge < -0.3 is 10.4 Å². The summed E-state index contributed by atoms with van der Waals surface area (Å²) in [6, 6.07) is 0.231. The molecule has 1 rings (SSSR count). The van der Waals surface area contributed by atoms with Gasteiger partial charge in [-0.05, 0) is 25.8 Å². The van der Waals surface area contributed by atoms with Crippen molar-refractivity contribution in [1.29, 1.82) is 0 Å². The highest BCUT2D eigenvalue weighted by atomic mass is 32.2. The molecule has 2 N–H and O–H groups in total. The summed E-state index contributed by atoms with van der Waals surface area (Å²) in [6.45, 7) is 1.41. The maximum absolute atomic E-state index is 11.8. The quantitative estimate of drug-likeness (QED) is 0.668. The Labute approximate surface area is 102 Å². The van der Waals surface area contributed by atoms with Crippen molar-refractivity contribution in [1.82, 2.24) is 9.62 Å². The number of sulfonamides is 1. The number of carboxylic acid groups (broad SMARTS) is 1. The molecule has 0 radical (unpaired) electrons. The van der Waals surface area contributed by atoms with Crippen molar-refractivity contribution >= 4 is 16.0 Å². The van der Waals surface area contributed by atoms with E-state index in [1.807, 2.05) is 0 Å². The number of aliphatic carboxylic acids is 1. The molecule has 17 heavy (non-hydrogen) atoms. The fourth-order valence-corrected chi connectivity index (χ4v) is 3.13. The zero-order valence-corrected chi connectivity index (χ0v) is 10.9. The number of hydrogen-bond donors (Lipinski definition) is 2. The predicted molar refractivity (Wildman–Crippen MR) is 64.3 cm³/mol. The van der Waals surface area contributed by atoms with Gasteiger partial charge in [-0.2, -0.15) is 0 Å². The molecule has 0 amide bonds. The van der Waals surface area contributed by atoms with E-state index in [-0.39, 0.29) is 24.6 Å². The van der Waals surface area contributed by atoms with E-state index in [0.717, 1.165) is 19.4 Å². The summed E-state index contributed by atoms with van der Waals surface area (Å²) in [5.41, 5.74) is 0. The monoisotopic (exact) mass is 264 g/mol. The molecule has 1 atom stereocenters. The lowest BCUT2D eigenvalue weighted by Crippen LogP contribution is -2.39. The Morgan fingerprint density at radius 3 is 2.76 bits per heavy atom. The van der Waals surface area contributed by atoms with Gasteiger partial charge in [0.25, 0.3) is 0 Å². The van der Waals surface area contributed by atoms with Crippen LogP contribution in [0.4, 0.5) is 0 Å². The summed E-state index contributed by atoms with van der Waals surface area (Å²) in [5, 5.41) is 11.7. The van der Waals surface area contributed by atoms with Gasteiger partial charge in [0.05, 0.1) is 5.75 Å². The van der Waals surface area contributed by atoms with Crippen LogP contribution in [0.2, 0.25) is 0 Å². The highest BCUT2D eigenvalue weighted by molar-refractivity contribution is 7.89. The molecule has 0 aromatic heterocycles. The zero-order valence-electron chi connectivity index (χ0n) is 10.1. The summed E-state index contributed by atoms with van der Waals surface area (Å²) >= 11 is 0. The van der Waals surface area contributed by atoms with E-state index in [9.17, 15) is 13.2 Å². The van der Waals surface area contributed by atoms with Gasteiger partial charge in [0, 0.05) is 26.1 Å². The Balaban J connectivity index is 2.36. The van der Waals surface area contributed by atoms with Gasteiger partial charge >= 0.3 is 5.97 Å². The first-order valence-electron chi connectivity index (χ1n) is 5.81. The molecule has 1 aliphatic rings. The lowest BCUT2D eigenvalue weighted by molar-refractivity contribution is -0.137. The van der Waals surface area contributed by atoms with Crippen LogP contribution in [0.1, 0.15) is 25.7 Å². The smallest absolute Gasteiger partial charge is 0.303 e. The highest BCUT2D eigenvalue weighted by Gasteiger charge is 2.23. The van der Waals surface area contributed by atoms with Crippen molar-refractivity contribution in [3.8, 4) is 0 Å². The molecule has 7 heteroatoms. The summed E-state index contributed by atoms with van der Waals surface area (Å²) in [5.74, 6) is -1.05. The summed E-state index contributed by atoms with van der Waals surface area (Å²) in [4.78, 5) is 10.3. The van der Waals surface area contributed by atoms with E-state index in [4.69, 9.17) is 5.11 Å². The summed E-state index contributed by atoms with van der Waals surface area (Å²) < 4.78 is 24.9.